The number of benzene rings is 1. The Bertz CT molecular complexity index is 526. The van der Waals surface area contributed by atoms with Crippen LogP contribution in [-0.4, -0.2) is 40.6 Å². The molecule has 25 heavy (non-hydrogen) atoms. The second-order valence-electron chi connectivity index (χ2n) is 7.17. The van der Waals surface area contributed by atoms with Crippen molar-refractivity contribution in [1.29, 1.82) is 0 Å². The van der Waals surface area contributed by atoms with Crippen molar-refractivity contribution >= 4 is 18.3 Å². The summed E-state index contributed by atoms with van der Waals surface area (Å²) in [5.74, 6) is -0.0969. The van der Waals surface area contributed by atoms with Gasteiger partial charge in [0.15, 0.2) is 0 Å². The highest BCUT2D eigenvalue weighted by Gasteiger charge is 2.26. The van der Waals surface area contributed by atoms with Gasteiger partial charge in [0.2, 0.25) is 5.91 Å². The molecule has 0 spiro atoms. The van der Waals surface area contributed by atoms with E-state index in [2.05, 4.69) is 34.5 Å². The van der Waals surface area contributed by atoms with Crippen LogP contribution in [0.3, 0.4) is 0 Å². The van der Waals surface area contributed by atoms with Crippen LogP contribution >= 0.6 is 12.4 Å². The van der Waals surface area contributed by atoms with Crippen molar-refractivity contribution in [3.05, 3.63) is 35.4 Å². The Kier molecular flexibility index (Phi) is 8.86. The number of amides is 1. The first-order valence-electron chi connectivity index (χ1n) is 8.96. The molecule has 2 rings (SSSR count). The third-order valence-electron chi connectivity index (χ3n) is 4.73. The Hall–Kier alpha value is -1.14. The third-order valence-corrected chi connectivity index (χ3v) is 4.73. The van der Waals surface area contributed by atoms with Crippen LogP contribution in [-0.2, 0) is 17.9 Å². The number of piperidine rings is 1. The highest BCUT2D eigenvalue weighted by molar-refractivity contribution is 5.85. The van der Waals surface area contributed by atoms with Crippen LogP contribution in [0.4, 0.5) is 0 Å². The first-order chi connectivity index (χ1) is 11.4. The second-order valence-corrected chi connectivity index (χ2v) is 7.17. The van der Waals surface area contributed by atoms with Gasteiger partial charge in [0.05, 0.1) is 11.6 Å². The van der Waals surface area contributed by atoms with Gasteiger partial charge in [-0.3, -0.25) is 9.69 Å². The average Bonchev–Trinajstić information content (AvgIpc) is 2.56. The molecular formula is C19H32ClN3O2. The van der Waals surface area contributed by atoms with Gasteiger partial charge >= 0.3 is 0 Å². The van der Waals surface area contributed by atoms with E-state index in [0.29, 0.717) is 13.0 Å². The third kappa shape index (κ3) is 6.94. The number of nitrogens with one attached hydrogen (secondary N) is 1. The van der Waals surface area contributed by atoms with Gasteiger partial charge in [-0.05, 0) is 37.3 Å². The normalized spacial score (nSPS) is 18.2. The van der Waals surface area contributed by atoms with Crippen molar-refractivity contribution in [2.75, 3.05) is 13.1 Å². The lowest BCUT2D eigenvalue weighted by molar-refractivity contribution is -0.126. The summed E-state index contributed by atoms with van der Waals surface area (Å²) >= 11 is 0. The van der Waals surface area contributed by atoms with Gasteiger partial charge in [0.1, 0.15) is 0 Å². The Labute approximate surface area is 157 Å². The minimum atomic E-state index is -0.798. The lowest BCUT2D eigenvalue weighted by Gasteiger charge is -2.29. The highest BCUT2D eigenvalue weighted by Crippen LogP contribution is 2.14. The topological polar surface area (TPSA) is 78.6 Å². The molecule has 1 aliphatic heterocycles. The van der Waals surface area contributed by atoms with Gasteiger partial charge in [0, 0.05) is 26.2 Å². The molecule has 1 heterocycles. The van der Waals surface area contributed by atoms with Crippen molar-refractivity contribution in [3.63, 3.8) is 0 Å². The molecule has 0 aliphatic carbocycles. The Balaban J connectivity index is 0.00000312. The van der Waals surface area contributed by atoms with Gasteiger partial charge in [-0.2, -0.15) is 0 Å². The van der Waals surface area contributed by atoms with Crippen LogP contribution in [0, 0.1) is 0 Å². The van der Waals surface area contributed by atoms with E-state index in [-0.39, 0.29) is 24.4 Å². The molecule has 0 radical (unpaired) electrons. The van der Waals surface area contributed by atoms with E-state index in [1.807, 2.05) is 6.92 Å². The van der Waals surface area contributed by atoms with Crippen LogP contribution in [0.5, 0.6) is 0 Å². The zero-order valence-corrected chi connectivity index (χ0v) is 16.1. The predicted molar refractivity (Wildman–Crippen MR) is 104 cm³/mol. The van der Waals surface area contributed by atoms with Gasteiger partial charge in [-0.25, -0.2) is 0 Å². The SMILES string of the molecule is CCCC(C)(N)C(=O)NCc1ccc(CN2CCC(O)CC2)cc1.Cl. The highest BCUT2D eigenvalue weighted by atomic mass is 35.5. The average molecular weight is 370 g/mol. The lowest BCUT2D eigenvalue weighted by atomic mass is 9.96. The number of halogens is 1. The number of carbonyl (C=O) groups excluding carboxylic acids is 1. The van der Waals surface area contributed by atoms with Crippen LogP contribution in [0.2, 0.25) is 0 Å². The molecule has 142 valence electrons. The monoisotopic (exact) mass is 369 g/mol. The number of aliphatic hydroxyl groups excluding tert-OH is 1. The molecule has 1 unspecified atom stereocenters. The van der Waals surface area contributed by atoms with Gasteiger partial charge in [0.25, 0.3) is 0 Å². The van der Waals surface area contributed by atoms with Gasteiger partial charge in [-0.1, -0.05) is 37.6 Å². The zero-order chi connectivity index (χ0) is 17.6. The molecular weight excluding hydrogens is 338 g/mol. The largest absolute Gasteiger partial charge is 0.393 e. The number of hydrogen-bond acceptors (Lipinski definition) is 4. The van der Waals surface area contributed by atoms with Crippen molar-refractivity contribution in [1.82, 2.24) is 10.2 Å². The first kappa shape index (κ1) is 21.9. The number of rotatable bonds is 7. The number of nitrogens with zero attached hydrogens (tertiary/aromatic N) is 1. The molecule has 0 bridgehead atoms. The maximum absolute atomic E-state index is 12.1. The number of likely N-dealkylation sites (tertiary alicyclic amines) is 1. The number of aliphatic hydroxyl groups is 1. The van der Waals surface area contributed by atoms with E-state index in [1.54, 1.807) is 6.92 Å². The quantitative estimate of drug-likeness (QED) is 0.688. The van der Waals surface area contributed by atoms with E-state index in [0.717, 1.165) is 44.5 Å². The van der Waals surface area contributed by atoms with Gasteiger partial charge in [-0.15, -0.1) is 12.4 Å². The second kappa shape index (κ2) is 10.1. The molecule has 1 aliphatic rings. The maximum Gasteiger partial charge on any atom is 0.240 e. The minimum absolute atomic E-state index is 0. The summed E-state index contributed by atoms with van der Waals surface area (Å²) in [6.07, 6.45) is 3.16. The number of carbonyl (C=O) groups is 1. The fourth-order valence-electron chi connectivity index (χ4n) is 3.12. The van der Waals surface area contributed by atoms with Crippen molar-refractivity contribution in [2.45, 2.75) is 64.3 Å². The predicted octanol–water partition coefficient (Wildman–Crippen LogP) is 2.20. The van der Waals surface area contributed by atoms with Gasteiger partial charge < -0.3 is 16.2 Å². The minimum Gasteiger partial charge on any atom is -0.393 e. The number of nitrogens with two attached hydrogens (primary N) is 1. The molecule has 0 aromatic heterocycles. The summed E-state index contributed by atoms with van der Waals surface area (Å²) in [7, 11) is 0. The molecule has 1 atom stereocenters. The fraction of sp³-hybridized carbons (Fsp3) is 0.632. The number of hydrogen-bond donors (Lipinski definition) is 3. The molecule has 0 saturated carbocycles. The van der Waals surface area contributed by atoms with E-state index in [1.165, 1.54) is 5.56 Å². The van der Waals surface area contributed by atoms with E-state index < -0.39 is 5.54 Å². The molecule has 1 aromatic carbocycles. The van der Waals surface area contributed by atoms with Crippen LogP contribution in [0.15, 0.2) is 24.3 Å². The molecule has 1 fully saturated rings. The van der Waals surface area contributed by atoms with Crippen LogP contribution < -0.4 is 11.1 Å². The van der Waals surface area contributed by atoms with Crippen LogP contribution in [0.1, 0.15) is 50.7 Å². The summed E-state index contributed by atoms with van der Waals surface area (Å²) in [6, 6.07) is 8.34. The molecule has 4 N–H and O–H groups in total. The molecule has 5 nitrogen and oxygen atoms in total. The molecule has 1 saturated heterocycles. The zero-order valence-electron chi connectivity index (χ0n) is 15.3. The Morgan fingerprint density at radius 2 is 1.84 bits per heavy atom. The standard InChI is InChI=1S/C19H31N3O2.ClH/c1-3-10-19(2,20)18(24)21-13-15-4-6-16(7-5-15)14-22-11-8-17(23)9-12-22;/h4-7,17,23H,3,8-14,20H2,1-2H3,(H,21,24);1H. The lowest BCUT2D eigenvalue weighted by Crippen LogP contribution is -2.51. The van der Waals surface area contributed by atoms with Crippen LogP contribution in [0.25, 0.3) is 0 Å². The van der Waals surface area contributed by atoms with Crippen molar-refractivity contribution in [2.24, 2.45) is 5.73 Å². The van der Waals surface area contributed by atoms with E-state index in [9.17, 15) is 9.90 Å². The summed E-state index contributed by atoms with van der Waals surface area (Å²) in [5.41, 5.74) is 7.58. The smallest absolute Gasteiger partial charge is 0.240 e. The summed E-state index contributed by atoms with van der Waals surface area (Å²) in [6.45, 7) is 7.13. The molecule has 6 heteroatoms. The fourth-order valence-corrected chi connectivity index (χ4v) is 3.12. The summed E-state index contributed by atoms with van der Waals surface area (Å²) in [4.78, 5) is 14.5. The Morgan fingerprint density at radius 1 is 1.28 bits per heavy atom. The first-order valence-corrected chi connectivity index (χ1v) is 8.96. The van der Waals surface area contributed by atoms with E-state index >= 15 is 0 Å². The van der Waals surface area contributed by atoms with Crippen molar-refractivity contribution in [3.8, 4) is 0 Å². The molecule has 1 aromatic rings. The summed E-state index contributed by atoms with van der Waals surface area (Å²) in [5, 5.41) is 12.5. The van der Waals surface area contributed by atoms with Crippen molar-refractivity contribution < 1.29 is 9.90 Å². The molecule has 1 amide bonds. The maximum atomic E-state index is 12.1. The summed E-state index contributed by atoms with van der Waals surface area (Å²) < 4.78 is 0. The van der Waals surface area contributed by atoms with E-state index in [4.69, 9.17) is 5.73 Å². The Morgan fingerprint density at radius 3 is 2.40 bits per heavy atom.